The van der Waals surface area contributed by atoms with Crippen molar-refractivity contribution >= 4 is 17.3 Å². The molecule has 0 radical (unpaired) electrons. The first kappa shape index (κ1) is 15.1. The molecule has 7 nitrogen and oxygen atoms in total. The predicted molar refractivity (Wildman–Crippen MR) is 91.4 cm³/mol. The summed E-state index contributed by atoms with van der Waals surface area (Å²) in [5.74, 6) is -0.197. The zero-order valence-electron chi connectivity index (χ0n) is 13.2. The first-order valence-electron chi connectivity index (χ1n) is 7.78. The minimum absolute atomic E-state index is 0.0362. The van der Waals surface area contributed by atoms with Crippen LogP contribution >= 0.6 is 0 Å². The lowest BCUT2D eigenvalue weighted by atomic mass is 10.1. The van der Waals surface area contributed by atoms with E-state index in [4.69, 9.17) is 0 Å². The Bertz CT molecular complexity index is 962. The highest BCUT2D eigenvalue weighted by Crippen LogP contribution is 2.28. The normalized spacial score (nSPS) is 12.9. The molecule has 0 spiro atoms. The molecule has 4 rings (SSSR count). The monoisotopic (exact) mass is 334 g/mol. The molecule has 2 aromatic carbocycles. The average molecular weight is 334 g/mol. The number of hydrogen-bond donors (Lipinski definition) is 0. The maximum Gasteiger partial charge on any atom is 0.269 e. The molecule has 0 N–H and O–H groups in total. The Morgan fingerprint density at radius 1 is 1.04 bits per heavy atom. The molecule has 25 heavy (non-hydrogen) atoms. The molecule has 1 aliphatic heterocycles. The maximum atomic E-state index is 13.1. The Labute approximate surface area is 143 Å². The molecule has 1 amide bonds. The van der Waals surface area contributed by atoms with Gasteiger partial charge in [0.2, 0.25) is 0 Å². The number of aromatic nitrogens is 2. The molecule has 0 atom stereocenters. The first-order valence-corrected chi connectivity index (χ1v) is 7.78. The zero-order chi connectivity index (χ0) is 17.4. The van der Waals surface area contributed by atoms with Gasteiger partial charge in [-0.3, -0.25) is 19.6 Å². The number of nitro benzene ring substituents is 1. The second-order valence-corrected chi connectivity index (χ2v) is 5.80. The fourth-order valence-corrected chi connectivity index (χ4v) is 3.02. The van der Waals surface area contributed by atoms with E-state index in [9.17, 15) is 14.9 Å². The van der Waals surface area contributed by atoms with Gasteiger partial charge in [0, 0.05) is 29.6 Å². The van der Waals surface area contributed by atoms with E-state index in [2.05, 4.69) is 5.10 Å². The second-order valence-electron chi connectivity index (χ2n) is 5.80. The predicted octanol–water partition coefficient (Wildman–Crippen LogP) is 3.00. The van der Waals surface area contributed by atoms with Crippen molar-refractivity contribution < 1.29 is 9.72 Å². The number of nitrogens with zero attached hydrogens (tertiary/aromatic N) is 4. The summed E-state index contributed by atoms with van der Waals surface area (Å²) in [4.78, 5) is 25.1. The van der Waals surface area contributed by atoms with Gasteiger partial charge in [-0.15, -0.1) is 0 Å². The van der Waals surface area contributed by atoms with Crippen LogP contribution in [0.4, 0.5) is 11.4 Å². The maximum absolute atomic E-state index is 13.1. The summed E-state index contributed by atoms with van der Waals surface area (Å²) in [6.45, 7) is 0.995. The van der Waals surface area contributed by atoms with Gasteiger partial charge in [-0.2, -0.15) is 5.10 Å². The molecule has 0 aliphatic carbocycles. The fraction of sp³-hybridized carbons (Fsp3) is 0.111. The molecule has 0 saturated carbocycles. The SMILES string of the molecule is O=C(c1ccc([N+](=O)[O-])cc1)N1Cc2ccnn2Cc2ccccc21. The molecule has 0 bridgehead atoms. The van der Waals surface area contributed by atoms with E-state index in [0.717, 1.165) is 16.9 Å². The standard InChI is InChI=1S/C18H14N4O3/c23-18(13-5-7-15(8-6-13)22(24)25)20-12-16-9-10-19-21(16)11-14-3-1-2-4-17(14)20/h1-10H,11-12H2. The van der Waals surface area contributed by atoms with Crippen molar-refractivity contribution in [3.63, 3.8) is 0 Å². The van der Waals surface area contributed by atoms with Crippen molar-refractivity contribution in [2.75, 3.05) is 4.90 Å². The van der Waals surface area contributed by atoms with Gasteiger partial charge in [0.1, 0.15) is 0 Å². The van der Waals surface area contributed by atoms with Crippen LogP contribution in [-0.4, -0.2) is 20.6 Å². The summed E-state index contributed by atoms with van der Waals surface area (Å²) in [6.07, 6.45) is 1.72. The average Bonchev–Trinajstić information content (AvgIpc) is 3.00. The summed E-state index contributed by atoms with van der Waals surface area (Å²) >= 11 is 0. The lowest BCUT2D eigenvalue weighted by molar-refractivity contribution is -0.384. The lowest BCUT2D eigenvalue weighted by Gasteiger charge is -2.22. The summed E-state index contributed by atoms with van der Waals surface area (Å²) < 4.78 is 1.88. The van der Waals surface area contributed by atoms with Gasteiger partial charge in [-0.1, -0.05) is 18.2 Å². The van der Waals surface area contributed by atoms with Crippen molar-refractivity contribution in [2.45, 2.75) is 13.1 Å². The number of anilines is 1. The number of benzene rings is 2. The third-order valence-electron chi connectivity index (χ3n) is 4.30. The number of carbonyl (C=O) groups excluding carboxylic acids is 1. The van der Waals surface area contributed by atoms with Gasteiger partial charge in [-0.05, 0) is 29.8 Å². The van der Waals surface area contributed by atoms with E-state index in [-0.39, 0.29) is 11.6 Å². The zero-order valence-corrected chi connectivity index (χ0v) is 13.2. The van der Waals surface area contributed by atoms with Crippen LogP contribution in [0.5, 0.6) is 0 Å². The number of para-hydroxylation sites is 1. The Morgan fingerprint density at radius 3 is 2.56 bits per heavy atom. The van der Waals surface area contributed by atoms with Crippen LogP contribution < -0.4 is 4.90 Å². The van der Waals surface area contributed by atoms with Crippen molar-refractivity contribution in [3.05, 3.63) is 87.7 Å². The molecule has 1 aromatic heterocycles. The second kappa shape index (κ2) is 5.86. The van der Waals surface area contributed by atoms with Gasteiger partial charge in [0.05, 0.1) is 23.7 Å². The molecule has 2 heterocycles. The topological polar surface area (TPSA) is 81.3 Å². The van der Waals surface area contributed by atoms with Crippen LogP contribution in [-0.2, 0) is 13.1 Å². The van der Waals surface area contributed by atoms with Crippen LogP contribution in [0.1, 0.15) is 21.6 Å². The van der Waals surface area contributed by atoms with Crippen molar-refractivity contribution in [2.24, 2.45) is 0 Å². The summed E-state index contributed by atoms with van der Waals surface area (Å²) in [5.41, 5.74) is 3.14. The van der Waals surface area contributed by atoms with Gasteiger partial charge in [0.15, 0.2) is 0 Å². The van der Waals surface area contributed by atoms with E-state index < -0.39 is 4.92 Å². The molecule has 0 unspecified atom stereocenters. The Kier molecular flexibility index (Phi) is 3.53. The number of nitro groups is 1. The number of carbonyl (C=O) groups is 1. The van der Waals surface area contributed by atoms with Gasteiger partial charge < -0.3 is 4.90 Å². The van der Waals surface area contributed by atoms with Gasteiger partial charge >= 0.3 is 0 Å². The quantitative estimate of drug-likeness (QED) is 0.533. The number of rotatable bonds is 2. The van der Waals surface area contributed by atoms with Gasteiger partial charge in [0.25, 0.3) is 11.6 Å². The van der Waals surface area contributed by atoms with Crippen molar-refractivity contribution in [1.82, 2.24) is 9.78 Å². The number of fused-ring (bicyclic) bond motifs is 2. The van der Waals surface area contributed by atoms with Gasteiger partial charge in [-0.25, -0.2) is 0 Å². The van der Waals surface area contributed by atoms with E-state index in [1.807, 2.05) is 35.0 Å². The van der Waals surface area contributed by atoms with Crippen LogP contribution in [0.3, 0.4) is 0 Å². The molecule has 0 saturated heterocycles. The van der Waals surface area contributed by atoms with E-state index in [1.54, 1.807) is 11.1 Å². The molecule has 124 valence electrons. The van der Waals surface area contributed by atoms with E-state index in [1.165, 1.54) is 24.3 Å². The summed E-state index contributed by atoms with van der Waals surface area (Å²) in [7, 11) is 0. The third kappa shape index (κ3) is 2.65. The minimum atomic E-state index is -0.478. The van der Waals surface area contributed by atoms with Crippen LogP contribution in [0, 0.1) is 10.1 Å². The van der Waals surface area contributed by atoms with Crippen molar-refractivity contribution in [1.29, 1.82) is 0 Å². The highest BCUT2D eigenvalue weighted by molar-refractivity contribution is 6.06. The molecule has 3 aromatic rings. The van der Waals surface area contributed by atoms with Crippen molar-refractivity contribution in [3.8, 4) is 0 Å². The number of non-ortho nitro benzene ring substituents is 1. The first-order chi connectivity index (χ1) is 12.1. The van der Waals surface area contributed by atoms with Crippen LogP contribution in [0.25, 0.3) is 0 Å². The number of amides is 1. The Hall–Kier alpha value is -3.48. The Morgan fingerprint density at radius 2 is 1.80 bits per heavy atom. The molecule has 0 fully saturated rings. The number of hydrogen-bond acceptors (Lipinski definition) is 4. The van der Waals surface area contributed by atoms with Crippen LogP contribution in [0.2, 0.25) is 0 Å². The fourth-order valence-electron chi connectivity index (χ4n) is 3.02. The third-order valence-corrected chi connectivity index (χ3v) is 4.30. The van der Waals surface area contributed by atoms with E-state index in [0.29, 0.717) is 18.7 Å². The summed E-state index contributed by atoms with van der Waals surface area (Å²) in [5, 5.41) is 15.1. The smallest absolute Gasteiger partial charge is 0.269 e. The highest BCUT2D eigenvalue weighted by atomic mass is 16.6. The lowest BCUT2D eigenvalue weighted by Crippen LogP contribution is -2.30. The molecule has 1 aliphatic rings. The van der Waals surface area contributed by atoms with Crippen LogP contribution in [0.15, 0.2) is 60.8 Å². The highest BCUT2D eigenvalue weighted by Gasteiger charge is 2.25. The molecular weight excluding hydrogens is 320 g/mol. The Balaban J connectivity index is 1.75. The minimum Gasteiger partial charge on any atom is -0.302 e. The molecular formula is C18H14N4O3. The summed E-state index contributed by atoms with van der Waals surface area (Å²) in [6, 6.07) is 15.3. The largest absolute Gasteiger partial charge is 0.302 e. The van der Waals surface area contributed by atoms with E-state index >= 15 is 0 Å². The molecule has 7 heteroatoms.